The van der Waals surface area contributed by atoms with Gasteiger partial charge in [0.1, 0.15) is 6.67 Å². The number of aromatic nitrogens is 1. The van der Waals surface area contributed by atoms with Gasteiger partial charge in [0.15, 0.2) is 5.75 Å². The van der Waals surface area contributed by atoms with Crippen LogP contribution in [0.15, 0.2) is 6.20 Å². The van der Waals surface area contributed by atoms with E-state index in [1.54, 1.807) is 0 Å². The number of rotatable bonds is 3. The molecule has 0 aliphatic rings. The van der Waals surface area contributed by atoms with Crippen LogP contribution >= 0.6 is 22.6 Å². The van der Waals surface area contributed by atoms with Crippen LogP contribution in [0.2, 0.25) is 0 Å². The largest absolute Gasteiger partial charge is 0.573 e. The number of hydrogen-bond donors (Lipinski definition) is 1. The normalized spacial score (nSPS) is 11.6. The fourth-order valence-electron chi connectivity index (χ4n) is 1.02. The fourth-order valence-corrected chi connectivity index (χ4v) is 1.75. The average molecular weight is 351 g/mol. The van der Waals surface area contributed by atoms with Gasteiger partial charge in [0.25, 0.3) is 0 Å². The number of nitrogens with zero attached hydrogens (tertiary/aromatic N) is 1. The van der Waals surface area contributed by atoms with E-state index in [-0.39, 0.29) is 14.8 Å². The highest BCUT2D eigenvalue weighted by Crippen LogP contribution is 2.30. The summed E-state index contributed by atoms with van der Waals surface area (Å²) in [6.45, 7) is -1.56. The molecule has 0 aromatic carbocycles. The molecule has 1 aromatic heterocycles. The molecular formula is C8H6F4INO2. The second-order valence-corrected chi connectivity index (χ2v) is 3.78. The minimum atomic E-state index is -4.84. The van der Waals surface area contributed by atoms with Crippen molar-refractivity contribution < 1.29 is 27.4 Å². The van der Waals surface area contributed by atoms with Crippen LogP contribution in [-0.2, 0) is 13.3 Å². The van der Waals surface area contributed by atoms with Gasteiger partial charge < -0.3 is 9.84 Å². The molecule has 16 heavy (non-hydrogen) atoms. The highest BCUT2D eigenvalue weighted by molar-refractivity contribution is 14.1. The number of aliphatic hydroxyl groups excluding tert-OH is 1. The van der Waals surface area contributed by atoms with Crippen LogP contribution in [0.3, 0.4) is 0 Å². The van der Waals surface area contributed by atoms with Crippen molar-refractivity contribution >= 4 is 22.6 Å². The van der Waals surface area contributed by atoms with Crippen molar-refractivity contribution in [2.75, 3.05) is 0 Å². The standard InChI is InChI=1S/C8H6F4INO2/c9-1-5-4(3-15)7(13)6(2-14-5)16-8(10,11)12/h2,15H,1,3H2. The summed E-state index contributed by atoms with van der Waals surface area (Å²) in [5.74, 6) is -0.547. The maximum atomic E-state index is 12.4. The van der Waals surface area contributed by atoms with Crippen LogP contribution in [0.25, 0.3) is 0 Å². The topological polar surface area (TPSA) is 42.4 Å². The molecule has 0 radical (unpaired) electrons. The van der Waals surface area contributed by atoms with Gasteiger partial charge in [0, 0.05) is 5.56 Å². The first kappa shape index (κ1) is 13.4. The molecule has 0 bridgehead atoms. The molecule has 0 saturated heterocycles. The Morgan fingerprint density at radius 3 is 2.50 bits per heavy atom. The summed E-state index contributed by atoms with van der Waals surface area (Å²) in [5, 5.41) is 8.90. The van der Waals surface area contributed by atoms with E-state index in [0.29, 0.717) is 0 Å². The predicted octanol–water partition coefficient (Wildman–Crippen LogP) is 2.55. The second-order valence-electron chi connectivity index (χ2n) is 2.70. The minimum absolute atomic E-state index is 0.0000694. The molecule has 0 fully saturated rings. The summed E-state index contributed by atoms with van der Waals surface area (Å²) in [4.78, 5) is 3.45. The SMILES string of the molecule is OCc1c(CF)ncc(OC(F)(F)F)c1I. The van der Waals surface area contributed by atoms with Gasteiger partial charge in [-0.3, -0.25) is 4.98 Å². The molecule has 0 unspecified atom stereocenters. The van der Waals surface area contributed by atoms with Gasteiger partial charge >= 0.3 is 6.36 Å². The molecule has 1 N–H and O–H groups in total. The van der Waals surface area contributed by atoms with Crippen molar-refractivity contribution in [3.8, 4) is 5.75 Å². The molecule has 0 saturated carbocycles. The van der Waals surface area contributed by atoms with Crippen LogP contribution in [-0.4, -0.2) is 16.5 Å². The van der Waals surface area contributed by atoms with E-state index in [9.17, 15) is 17.6 Å². The van der Waals surface area contributed by atoms with E-state index < -0.39 is 25.4 Å². The molecule has 0 amide bonds. The van der Waals surface area contributed by atoms with Gasteiger partial charge in [0.2, 0.25) is 0 Å². The zero-order valence-corrected chi connectivity index (χ0v) is 9.84. The Morgan fingerprint density at radius 1 is 1.44 bits per heavy atom. The van der Waals surface area contributed by atoms with Gasteiger partial charge in [-0.2, -0.15) is 0 Å². The first-order valence-electron chi connectivity index (χ1n) is 3.98. The number of alkyl halides is 4. The highest BCUT2D eigenvalue weighted by atomic mass is 127. The molecule has 1 rings (SSSR count). The third kappa shape index (κ3) is 3.17. The lowest BCUT2D eigenvalue weighted by Gasteiger charge is -2.13. The Kier molecular flexibility index (Phi) is 4.30. The molecule has 1 aromatic rings. The van der Waals surface area contributed by atoms with Gasteiger partial charge in [0.05, 0.1) is 22.1 Å². The van der Waals surface area contributed by atoms with Crippen molar-refractivity contribution in [1.82, 2.24) is 4.98 Å². The van der Waals surface area contributed by atoms with E-state index in [0.717, 1.165) is 6.20 Å². The highest BCUT2D eigenvalue weighted by Gasteiger charge is 2.32. The molecular weight excluding hydrogens is 345 g/mol. The summed E-state index contributed by atoms with van der Waals surface area (Å²) in [6, 6.07) is 0. The van der Waals surface area contributed by atoms with E-state index in [4.69, 9.17) is 5.11 Å². The van der Waals surface area contributed by atoms with Crippen molar-refractivity contribution in [2.24, 2.45) is 0 Å². The lowest BCUT2D eigenvalue weighted by Crippen LogP contribution is -2.18. The Morgan fingerprint density at radius 2 is 2.06 bits per heavy atom. The van der Waals surface area contributed by atoms with E-state index in [1.807, 2.05) is 0 Å². The van der Waals surface area contributed by atoms with Crippen LogP contribution in [0.5, 0.6) is 5.75 Å². The van der Waals surface area contributed by atoms with Crippen LogP contribution in [0.4, 0.5) is 17.6 Å². The number of ether oxygens (including phenoxy) is 1. The Labute approximate surface area is 102 Å². The van der Waals surface area contributed by atoms with Crippen molar-refractivity contribution in [2.45, 2.75) is 19.6 Å². The lowest BCUT2D eigenvalue weighted by atomic mass is 10.2. The van der Waals surface area contributed by atoms with Gasteiger partial charge in [-0.15, -0.1) is 13.2 Å². The molecule has 0 aliphatic heterocycles. The third-order valence-corrected chi connectivity index (χ3v) is 2.86. The van der Waals surface area contributed by atoms with Crippen molar-refractivity contribution in [3.63, 3.8) is 0 Å². The zero-order valence-electron chi connectivity index (χ0n) is 7.68. The monoisotopic (exact) mass is 351 g/mol. The molecule has 0 atom stereocenters. The number of halogens is 5. The molecule has 8 heteroatoms. The van der Waals surface area contributed by atoms with Crippen molar-refractivity contribution in [1.29, 1.82) is 0 Å². The van der Waals surface area contributed by atoms with Crippen LogP contribution in [0.1, 0.15) is 11.3 Å². The maximum Gasteiger partial charge on any atom is 0.573 e. The average Bonchev–Trinajstić information content (AvgIpc) is 2.19. The molecule has 3 nitrogen and oxygen atoms in total. The number of hydrogen-bond acceptors (Lipinski definition) is 3. The molecule has 90 valence electrons. The van der Waals surface area contributed by atoms with E-state index >= 15 is 0 Å². The zero-order chi connectivity index (χ0) is 12.3. The third-order valence-electron chi connectivity index (χ3n) is 1.68. The first-order valence-corrected chi connectivity index (χ1v) is 5.05. The molecule has 1 heterocycles. The quantitative estimate of drug-likeness (QED) is 0.673. The van der Waals surface area contributed by atoms with Gasteiger partial charge in [-0.25, -0.2) is 4.39 Å². The Bertz CT molecular complexity index is 383. The van der Waals surface area contributed by atoms with Gasteiger partial charge in [-0.05, 0) is 22.6 Å². The van der Waals surface area contributed by atoms with Crippen LogP contribution < -0.4 is 4.74 Å². The maximum absolute atomic E-state index is 12.4. The number of aliphatic hydroxyl groups is 1. The second kappa shape index (κ2) is 5.13. The number of pyridine rings is 1. The summed E-state index contributed by atoms with van der Waals surface area (Å²) in [5.41, 5.74) is -0.0914. The summed E-state index contributed by atoms with van der Waals surface area (Å²) in [7, 11) is 0. The van der Waals surface area contributed by atoms with Crippen molar-refractivity contribution in [3.05, 3.63) is 21.0 Å². The summed E-state index contributed by atoms with van der Waals surface area (Å²) < 4.78 is 51.9. The van der Waals surface area contributed by atoms with E-state index in [1.165, 1.54) is 22.6 Å². The van der Waals surface area contributed by atoms with Crippen LogP contribution in [0, 0.1) is 3.57 Å². The van der Waals surface area contributed by atoms with E-state index in [2.05, 4.69) is 9.72 Å². The smallest absolute Gasteiger partial charge is 0.403 e. The predicted molar refractivity (Wildman–Crippen MR) is 54.4 cm³/mol. The first-order chi connectivity index (χ1) is 7.39. The fraction of sp³-hybridized carbons (Fsp3) is 0.375. The Balaban J connectivity index is 3.14. The van der Waals surface area contributed by atoms with Gasteiger partial charge in [-0.1, -0.05) is 0 Å². The molecule has 0 spiro atoms. The molecule has 0 aliphatic carbocycles. The summed E-state index contributed by atoms with van der Waals surface area (Å²) >= 11 is 1.54. The summed E-state index contributed by atoms with van der Waals surface area (Å²) in [6.07, 6.45) is -4.06. The lowest BCUT2D eigenvalue weighted by molar-refractivity contribution is -0.275. The minimum Gasteiger partial charge on any atom is -0.403 e. The Hall–Kier alpha value is -0.640.